The van der Waals surface area contributed by atoms with Gasteiger partial charge in [-0.25, -0.2) is 13.1 Å². The molecule has 3 N–H and O–H groups in total. The molecule has 0 heterocycles. The number of hydrazone groups is 1. The third-order valence-electron chi connectivity index (χ3n) is 3.27. The van der Waals surface area contributed by atoms with Crippen LogP contribution in [0.2, 0.25) is 0 Å². The van der Waals surface area contributed by atoms with E-state index in [-0.39, 0.29) is 4.90 Å². The Morgan fingerprint density at radius 2 is 1.79 bits per heavy atom. The summed E-state index contributed by atoms with van der Waals surface area (Å²) >= 11 is 5.13. The Balaban J connectivity index is 2.67. The topological polar surface area (TPSA) is 82.6 Å². The van der Waals surface area contributed by atoms with Gasteiger partial charge in [-0.15, -0.1) is 0 Å². The lowest BCUT2D eigenvalue weighted by molar-refractivity contribution is 0.581. The maximum absolute atomic E-state index is 12.0. The number of rotatable bonds is 9. The number of nitrogens with zero attached hydrogens (tertiary/aromatic N) is 1. The van der Waals surface area contributed by atoms with Crippen LogP contribution in [-0.2, 0) is 10.0 Å². The molecule has 1 aromatic carbocycles. The lowest BCUT2D eigenvalue weighted by atomic mass is 10.1. The average Bonchev–Trinajstić information content (AvgIpc) is 2.58. The molecular formula is C16H26N4O2S2. The van der Waals surface area contributed by atoms with Gasteiger partial charge in [0.25, 0.3) is 0 Å². The molecule has 0 bridgehead atoms. The fourth-order valence-electron chi connectivity index (χ4n) is 1.81. The van der Waals surface area contributed by atoms with Crippen molar-refractivity contribution in [3.63, 3.8) is 0 Å². The SMILES string of the molecule is CCCCNC(=S)N/N=C(/C)c1ccc(S(=O)(=O)NCCC)cc1. The normalized spacial score (nSPS) is 12.0. The van der Waals surface area contributed by atoms with E-state index < -0.39 is 10.0 Å². The molecule has 1 rings (SSSR count). The van der Waals surface area contributed by atoms with E-state index in [1.807, 2.05) is 13.8 Å². The molecule has 0 aliphatic carbocycles. The second-order valence-electron chi connectivity index (χ2n) is 5.34. The van der Waals surface area contributed by atoms with Gasteiger partial charge in [0.1, 0.15) is 0 Å². The number of nitrogens with one attached hydrogen (secondary N) is 3. The first-order chi connectivity index (χ1) is 11.4. The number of thiocarbonyl (C=S) groups is 1. The first kappa shape index (κ1) is 20.5. The highest BCUT2D eigenvalue weighted by molar-refractivity contribution is 7.89. The van der Waals surface area contributed by atoms with Crippen LogP contribution in [0.3, 0.4) is 0 Å². The van der Waals surface area contributed by atoms with E-state index in [1.165, 1.54) is 0 Å². The van der Waals surface area contributed by atoms with Gasteiger partial charge in [-0.05, 0) is 49.7 Å². The number of sulfonamides is 1. The van der Waals surface area contributed by atoms with Gasteiger partial charge in [0.15, 0.2) is 5.11 Å². The van der Waals surface area contributed by atoms with Crippen LogP contribution in [0.15, 0.2) is 34.3 Å². The number of hydrogen-bond acceptors (Lipinski definition) is 4. The van der Waals surface area contributed by atoms with E-state index in [1.54, 1.807) is 24.3 Å². The van der Waals surface area contributed by atoms with Crippen LogP contribution in [0.5, 0.6) is 0 Å². The summed E-state index contributed by atoms with van der Waals surface area (Å²) in [4.78, 5) is 0.247. The van der Waals surface area contributed by atoms with Gasteiger partial charge in [0.2, 0.25) is 10.0 Å². The Labute approximate surface area is 150 Å². The Kier molecular flexibility index (Phi) is 8.88. The molecule has 8 heteroatoms. The van der Waals surface area contributed by atoms with Crippen molar-refractivity contribution < 1.29 is 8.42 Å². The predicted octanol–water partition coefficient (Wildman–Crippen LogP) is 2.36. The summed E-state index contributed by atoms with van der Waals surface area (Å²) in [5.41, 5.74) is 4.34. The highest BCUT2D eigenvalue weighted by Gasteiger charge is 2.12. The number of hydrogen-bond donors (Lipinski definition) is 3. The summed E-state index contributed by atoms with van der Waals surface area (Å²) in [6, 6.07) is 6.61. The van der Waals surface area contributed by atoms with E-state index in [9.17, 15) is 8.42 Å². The molecule has 24 heavy (non-hydrogen) atoms. The number of benzene rings is 1. The molecule has 0 aliphatic heterocycles. The zero-order valence-corrected chi connectivity index (χ0v) is 16.1. The minimum Gasteiger partial charge on any atom is -0.361 e. The molecule has 0 fully saturated rings. The van der Waals surface area contributed by atoms with E-state index in [0.717, 1.165) is 37.1 Å². The summed E-state index contributed by atoms with van der Waals surface area (Å²) in [5.74, 6) is 0. The highest BCUT2D eigenvalue weighted by atomic mass is 32.2. The minimum atomic E-state index is -3.44. The van der Waals surface area contributed by atoms with E-state index in [2.05, 4.69) is 27.5 Å². The second kappa shape index (κ2) is 10.4. The average molecular weight is 371 g/mol. The van der Waals surface area contributed by atoms with E-state index in [4.69, 9.17) is 12.2 Å². The maximum atomic E-state index is 12.0. The quantitative estimate of drug-likeness (QED) is 0.269. The van der Waals surface area contributed by atoms with Crippen LogP contribution in [0.4, 0.5) is 0 Å². The molecule has 1 aromatic rings. The van der Waals surface area contributed by atoms with Crippen LogP contribution in [0, 0.1) is 0 Å². The van der Waals surface area contributed by atoms with E-state index >= 15 is 0 Å². The molecule has 134 valence electrons. The highest BCUT2D eigenvalue weighted by Crippen LogP contribution is 2.11. The van der Waals surface area contributed by atoms with Crippen molar-refractivity contribution in [1.29, 1.82) is 0 Å². The monoisotopic (exact) mass is 370 g/mol. The Morgan fingerprint density at radius 3 is 2.38 bits per heavy atom. The molecule has 0 saturated carbocycles. The molecule has 6 nitrogen and oxygen atoms in total. The largest absolute Gasteiger partial charge is 0.361 e. The van der Waals surface area contributed by atoms with Gasteiger partial charge in [0, 0.05) is 13.1 Å². The summed E-state index contributed by atoms with van der Waals surface area (Å²) in [6.07, 6.45) is 2.90. The smallest absolute Gasteiger partial charge is 0.240 e. The van der Waals surface area contributed by atoms with Crippen LogP contribution < -0.4 is 15.5 Å². The summed E-state index contributed by atoms with van der Waals surface area (Å²) in [6.45, 7) is 7.10. The van der Waals surface area contributed by atoms with Crippen molar-refractivity contribution in [1.82, 2.24) is 15.5 Å². The molecule has 0 saturated heterocycles. The molecule has 0 unspecified atom stereocenters. The first-order valence-corrected chi connectivity index (χ1v) is 9.98. The van der Waals surface area contributed by atoms with Crippen molar-refractivity contribution in [2.75, 3.05) is 13.1 Å². The third-order valence-corrected chi connectivity index (χ3v) is 4.98. The van der Waals surface area contributed by atoms with Crippen LogP contribution >= 0.6 is 12.2 Å². The molecule has 0 spiro atoms. The minimum absolute atomic E-state index is 0.247. The maximum Gasteiger partial charge on any atom is 0.240 e. The molecule has 0 amide bonds. The molecular weight excluding hydrogens is 344 g/mol. The summed E-state index contributed by atoms with van der Waals surface area (Å²) in [5, 5.41) is 7.75. The van der Waals surface area contributed by atoms with Crippen LogP contribution in [0.25, 0.3) is 0 Å². The van der Waals surface area contributed by atoms with Gasteiger partial charge in [-0.1, -0.05) is 32.4 Å². The Morgan fingerprint density at radius 1 is 1.12 bits per heavy atom. The molecule has 0 radical (unpaired) electrons. The van der Waals surface area contributed by atoms with Crippen molar-refractivity contribution >= 4 is 33.1 Å². The Bertz CT molecular complexity index is 655. The summed E-state index contributed by atoms with van der Waals surface area (Å²) < 4.78 is 26.6. The van der Waals surface area contributed by atoms with Crippen LogP contribution in [-0.4, -0.2) is 32.3 Å². The molecule has 0 aromatic heterocycles. The van der Waals surface area contributed by atoms with Gasteiger partial charge < -0.3 is 5.32 Å². The zero-order chi connectivity index (χ0) is 18.0. The fourth-order valence-corrected chi connectivity index (χ4v) is 3.09. The van der Waals surface area contributed by atoms with Crippen LogP contribution in [0.1, 0.15) is 45.6 Å². The van der Waals surface area contributed by atoms with Gasteiger partial charge in [0.05, 0.1) is 10.6 Å². The van der Waals surface area contributed by atoms with Gasteiger partial charge in [-0.3, -0.25) is 5.43 Å². The van der Waals surface area contributed by atoms with Crippen molar-refractivity contribution in [2.45, 2.75) is 44.9 Å². The van der Waals surface area contributed by atoms with Crippen molar-refractivity contribution in [2.24, 2.45) is 5.10 Å². The summed E-state index contributed by atoms with van der Waals surface area (Å²) in [7, 11) is -3.44. The Hall–Kier alpha value is -1.51. The van der Waals surface area contributed by atoms with E-state index in [0.29, 0.717) is 11.7 Å². The van der Waals surface area contributed by atoms with Gasteiger partial charge in [-0.2, -0.15) is 5.10 Å². The first-order valence-electron chi connectivity index (χ1n) is 8.09. The molecule has 0 atom stereocenters. The predicted molar refractivity (Wildman–Crippen MR) is 103 cm³/mol. The van der Waals surface area contributed by atoms with Gasteiger partial charge >= 0.3 is 0 Å². The second-order valence-corrected chi connectivity index (χ2v) is 7.52. The fraction of sp³-hybridized carbons (Fsp3) is 0.500. The number of unbranched alkanes of at least 4 members (excludes halogenated alkanes) is 1. The molecule has 0 aliphatic rings. The lowest BCUT2D eigenvalue weighted by Gasteiger charge is -2.08. The lowest BCUT2D eigenvalue weighted by Crippen LogP contribution is -2.33. The zero-order valence-electron chi connectivity index (χ0n) is 14.4. The van der Waals surface area contributed by atoms with Crippen molar-refractivity contribution in [3.05, 3.63) is 29.8 Å². The van der Waals surface area contributed by atoms with Crippen molar-refractivity contribution in [3.8, 4) is 0 Å². The standard InChI is InChI=1S/C16H26N4O2S2/c1-4-6-12-17-16(23)20-19-13(3)14-7-9-15(10-8-14)24(21,22)18-11-5-2/h7-10,18H,4-6,11-12H2,1-3H3,(H2,17,20,23)/b19-13-. The third kappa shape index (κ3) is 6.94.